The lowest BCUT2D eigenvalue weighted by Crippen LogP contribution is -2.07. The lowest BCUT2D eigenvalue weighted by Gasteiger charge is -2.09. The molecule has 0 heterocycles. The van der Waals surface area contributed by atoms with Gasteiger partial charge in [0, 0.05) is 5.48 Å². The highest BCUT2D eigenvalue weighted by atomic mass is 16.4. The van der Waals surface area contributed by atoms with Gasteiger partial charge in [0.25, 0.3) is 0 Å². The van der Waals surface area contributed by atoms with Crippen LogP contribution in [0.2, 0.25) is 0 Å². The summed E-state index contributed by atoms with van der Waals surface area (Å²) in [7, 11) is 0. The number of rotatable bonds is 4. The lowest BCUT2D eigenvalue weighted by molar-refractivity contribution is -0.138. The molecule has 0 fully saturated rings. The third-order valence-electron chi connectivity index (χ3n) is 2.10. The summed E-state index contributed by atoms with van der Waals surface area (Å²) in [6.45, 7) is 1.20. The van der Waals surface area contributed by atoms with Gasteiger partial charge < -0.3 is 5.11 Å². The number of carbonyl (C=O) groups is 1. The Kier molecular flexibility index (Phi) is 2.33. The van der Waals surface area contributed by atoms with Gasteiger partial charge in [-0.15, -0.1) is 0 Å². The highest BCUT2D eigenvalue weighted by Crippen LogP contribution is 2.17. The first-order chi connectivity index (χ1) is 8.59. The van der Waals surface area contributed by atoms with E-state index in [1.165, 1.54) is 12.1 Å². The molecule has 1 aromatic rings. The van der Waals surface area contributed by atoms with E-state index in [1.807, 2.05) is 0 Å². The van der Waals surface area contributed by atoms with Crippen molar-refractivity contribution in [2.45, 2.75) is 33.0 Å². The van der Waals surface area contributed by atoms with E-state index in [4.69, 9.17) is 10.6 Å². The molecular formula is C13H18O2. The maximum absolute atomic E-state index is 11.2. The normalized spacial score (nSPS) is 19.7. The third-order valence-corrected chi connectivity index (χ3v) is 2.10. The van der Waals surface area contributed by atoms with Crippen molar-refractivity contribution >= 4 is 5.97 Å². The van der Waals surface area contributed by atoms with Crippen molar-refractivity contribution in [2.75, 3.05) is 0 Å². The summed E-state index contributed by atoms with van der Waals surface area (Å²) >= 11 is 0. The van der Waals surface area contributed by atoms with E-state index in [1.54, 1.807) is 12.1 Å². The van der Waals surface area contributed by atoms with Crippen molar-refractivity contribution in [1.29, 1.82) is 0 Å². The van der Waals surface area contributed by atoms with Crippen LogP contribution < -0.4 is 0 Å². The molecule has 2 heteroatoms. The molecular weight excluding hydrogens is 188 g/mol. The van der Waals surface area contributed by atoms with Gasteiger partial charge in [0.1, 0.15) is 0 Å². The van der Waals surface area contributed by atoms with Gasteiger partial charge in [-0.3, -0.25) is 4.79 Å². The Morgan fingerprint density at radius 1 is 1.47 bits per heavy atom. The number of benzene rings is 1. The third kappa shape index (κ3) is 3.39. The Morgan fingerprint density at radius 2 is 2.07 bits per heavy atom. The standard InChI is InChI=1S/C13H18O2/c1-9(2)8-11-4-6-12(7-5-11)10(3)13(14)15/h4-7,9-10H,8H2,1-3H3,(H,14,15)/i3D3,10D. The summed E-state index contributed by atoms with van der Waals surface area (Å²) in [6.07, 6.45) is 0.826. The number of carboxylic acid groups (broad SMARTS) is 1. The van der Waals surface area contributed by atoms with Gasteiger partial charge in [-0.05, 0) is 30.3 Å². The van der Waals surface area contributed by atoms with E-state index < -0.39 is 18.7 Å². The molecule has 1 rings (SSSR count). The quantitative estimate of drug-likeness (QED) is 0.829. The Hall–Kier alpha value is -1.31. The predicted octanol–water partition coefficient (Wildman–Crippen LogP) is 3.07. The second-order valence-corrected chi connectivity index (χ2v) is 3.98. The molecule has 1 unspecified atom stereocenters. The Morgan fingerprint density at radius 3 is 2.47 bits per heavy atom. The Labute approximate surface area is 96.6 Å². The van der Waals surface area contributed by atoms with Gasteiger partial charge in [-0.25, -0.2) is 0 Å². The average Bonchev–Trinajstić information content (AvgIpc) is 2.26. The van der Waals surface area contributed by atoms with E-state index in [0.29, 0.717) is 5.92 Å². The molecule has 2 nitrogen and oxygen atoms in total. The van der Waals surface area contributed by atoms with Crippen molar-refractivity contribution in [2.24, 2.45) is 5.92 Å². The van der Waals surface area contributed by atoms with E-state index in [2.05, 4.69) is 13.8 Å². The molecule has 15 heavy (non-hydrogen) atoms. The monoisotopic (exact) mass is 210 g/mol. The molecule has 1 aromatic carbocycles. The van der Waals surface area contributed by atoms with Gasteiger partial charge in [0.2, 0.25) is 0 Å². The summed E-state index contributed by atoms with van der Waals surface area (Å²) in [5.41, 5.74) is 0.976. The Bertz CT molecular complexity index is 451. The van der Waals surface area contributed by atoms with E-state index in [-0.39, 0.29) is 5.56 Å². The topological polar surface area (TPSA) is 37.3 Å². The van der Waals surface area contributed by atoms with Gasteiger partial charge >= 0.3 is 5.97 Å². The largest absolute Gasteiger partial charge is 0.481 e. The summed E-state index contributed by atoms with van der Waals surface area (Å²) < 4.78 is 29.7. The summed E-state index contributed by atoms with van der Waals surface area (Å²) in [6, 6.07) is 6.22. The van der Waals surface area contributed by atoms with Crippen LogP contribution in [0.25, 0.3) is 0 Å². The summed E-state index contributed by atoms with van der Waals surface area (Å²) in [5, 5.41) is 9.09. The maximum atomic E-state index is 11.2. The minimum atomic E-state index is -2.92. The molecule has 0 spiro atoms. The fraction of sp³-hybridized carbons (Fsp3) is 0.462. The summed E-state index contributed by atoms with van der Waals surface area (Å²) in [4.78, 5) is 11.2. The second-order valence-electron chi connectivity index (χ2n) is 3.98. The number of aliphatic carboxylic acids is 1. The van der Waals surface area contributed by atoms with Crippen molar-refractivity contribution in [1.82, 2.24) is 0 Å². The van der Waals surface area contributed by atoms with Crippen LogP contribution in [0.5, 0.6) is 0 Å². The van der Waals surface area contributed by atoms with E-state index >= 15 is 0 Å². The zero-order valence-corrected chi connectivity index (χ0v) is 8.95. The SMILES string of the molecule is [2H]C([2H])([2H])C([2H])(C(=O)O)c1ccc(CC(C)C)cc1. The van der Waals surface area contributed by atoms with Crippen LogP contribution in [0.3, 0.4) is 0 Å². The minimum Gasteiger partial charge on any atom is -0.481 e. The van der Waals surface area contributed by atoms with Crippen molar-refractivity contribution in [3.63, 3.8) is 0 Å². The van der Waals surface area contributed by atoms with Crippen molar-refractivity contribution in [3.05, 3.63) is 35.4 Å². The van der Waals surface area contributed by atoms with Crippen LogP contribution in [-0.4, -0.2) is 11.1 Å². The zero-order chi connectivity index (χ0) is 14.8. The van der Waals surface area contributed by atoms with E-state index in [9.17, 15) is 4.79 Å². The first-order valence-corrected chi connectivity index (χ1v) is 4.92. The second kappa shape index (κ2) is 4.96. The molecule has 0 saturated carbocycles. The fourth-order valence-corrected chi connectivity index (χ4v) is 1.40. The smallest absolute Gasteiger partial charge is 0.310 e. The van der Waals surface area contributed by atoms with Crippen LogP contribution in [-0.2, 0) is 11.2 Å². The molecule has 0 amide bonds. The van der Waals surface area contributed by atoms with Crippen LogP contribution >= 0.6 is 0 Å². The van der Waals surface area contributed by atoms with Gasteiger partial charge in [0.05, 0.1) is 5.89 Å². The van der Waals surface area contributed by atoms with Gasteiger partial charge in [-0.1, -0.05) is 38.1 Å². The average molecular weight is 210 g/mol. The van der Waals surface area contributed by atoms with Crippen LogP contribution in [0.15, 0.2) is 24.3 Å². The van der Waals surface area contributed by atoms with E-state index in [0.717, 1.165) is 12.0 Å². The molecule has 0 aliphatic heterocycles. The molecule has 1 atom stereocenters. The minimum absolute atomic E-state index is 0.0208. The predicted molar refractivity (Wildman–Crippen MR) is 61.0 cm³/mol. The van der Waals surface area contributed by atoms with Gasteiger partial charge in [-0.2, -0.15) is 0 Å². The first-order valence-electron chi connectivity index (χ1n) is 6.92. The van der Waals surface area contributed by atoms with Crippen LogP contribution in [0.1, 0.15) is 43.2 Å². The first kappa shape index (κ1) is 7.04. The molecule has 0 aromatic heterocycles. The molecule has 0 aliphatic rings. The number of carboxylic acids is 1. The van der Waals surface area contributed by atoms with Crippen molar-refractivity contribution in [3.8, 4) is 0 Å². The summed E-state index contributed by atoms with van der Waals surface area (Å²) in [5.74, 6) is -3.83. The highest BCUT2D eigenvalue weighted by molar-refractivity contribution is 5.75. The molecule has 0 aliphatic carbocycles. The maximum Gasteiger partial charge on any atom is 0.310 e. The molecule has 0 bridgehead atoms. The van der Waals surface area contributed by atoms with Crippen LogP contribution in [0.4, 0.5) is 0 Å². The zero-order valence-electron chi connectivity index (χ0n) is 12.9. The number of hydrogen-bond acceptors (Lipinski definition) is 1. The molecule has 82 valence electrons. The molecule has 1 N–H and O–H groups in total. The number of hydrogen-bond donors (Lipinski definition) is 1. The van der Waals surface area contributed by atoms with Crippen molar-refractivity contribution < 1.29 is 15.4 Å². The highest BCUT2D eigenvalue weighted by Gasteiger charge is 2.12. The van der Waals surface area contributed by atoms with Gasteiger partial charge in [0.15, 0.2) is 0 Å². The Balaban J connectivity index is 3.16. The molecule has 0 radical (unpaired) electrons. The van der Waals surface area contributed by atoms with Crippen LogP contribution in [0, 0.1) is 5.92 Å². The fourth-order valence-electron chi connectivity index (χ4n) is 1.40. The lowest BCUT2D eigenvalue weighted by atomic mass is 9.97. The molecule has 0 saturated heterocycles.